The van der Waals surface area contributed by atoms with Crippen LogP contribution in [0.2, 0.25) is 0 Å². The Labute approximate surface area is 98.1 Å². The van der Waals surface area contributed by atoms with Gasteiger partial charge in [-0.05, 0) is 25.2 Å². The van der Waals surface area contributed by atoms with E-state index in [-0.39, 0.29) is 0 Å². The number of hydrogen-bond acceptors (Lipinski definition) is 1. The van der Waals surface area contributed by atoms with Gasteiger partial charge in [0.2, 0.25) is 0 Å². The molecule has 16 heavy (non-hydrogen) atoms. The zero-order chi connectivity index (χ0) is 12.2. The fourth-order valence-electron chi connectivity index (χ4n) is 0.843. The van der Waals surface area contributed by atoms with Crippen LogP contribution >= 0.6 is 0 Å². The standard InChI is InChI=1S/C15H18O/c1-5-8-10-11-12-14(4)16-15(7-3)13-9-6-2/h5-13H,1-2,4H2,3H3/b10-8-,12-11-,13-9-,15-7+. The molecular formula is C15H18O. The van der Waals surface area contributed by atoms with Crippen molar-refractivity contribution in [3.63, 3.8) is 0 Å². The third-order valence-electron chi connectivity index (χ3n) is 1.57. The van der Waals surface area contributed by atoms with E-state index in [1.807, 2.05) is 43.4 Å². The molecule has 0 heterocycles. The molecule has 0 rings (SSSR count). The van der Waals surface area contributed by atoms with E-state index in [2.05, 4.69) is 19.7 Å². The first-order valence-corrected chi connectivity index (χ1v) is 5.02. The molecule has 0 aromatic rings. The molecule has 0 saturated carbocycles. The minimum atomic E-state index is 0.579. The Kier molecular flexibility index (Phi) is 8.33. The molecule has 0 N–H and O–H groups in total. The Hall–Kier alpha value is -2.02. The van der Waals surface area contributed by atoms with Crippen molar-refractivity contribution in [3.05, 3.63) is 85.9 Å². The molecule has 0 fully saturated rings. The molecule has 0 spiro atoms. The first kappa shape index (κ1) is 14.0. The summed E-state index contributed by atoms with van der Waals surface area (Å²) < 4.78 is 5.47. The van der Waals surface area contributed by atoms with Gasteiger partial charge in [-0.3, -0.25) is 0 Å². The fraction of sp³-hybridized carbons (Fsp3) is 0.0667. The Morgan fingerprint density at radius 1 is 0.938 bits per heavy atom. The highest BCUT2D eigenvalue weighted by atomic mass is 16.5. The summed E-state index contributed by atoms with van der Waals surface area (Å²) >= 11 is 0. The van der Waals surface area contributed by atoms with E-state index in [0.717, 1.165) is 5.76 Å². The van der Waals surface area contributed by atoms with Gasteiger partial charge in [0, 0.05) is 0 Å². The zero-order valence-corrected chi connectivity index (χ0v) is 9.73. The van der Waals surface area contributed by atoms with Crippen molar-refractivity contribution in [3.8, 4) is 0 Å². The largest absolute Gasteiger partial charge is 0.458 e. The normalized spacial score (nSPS) is 12.4. The number of rotatable bonds is 7. The summed E-state index contributed by atoms with van der Waals surface area (Å²) in [7, 11) is 0. The monoisotopic (exact) mass is 214 g/mol. The number of ether oxygens (including phenoxy) is 1. The van der Waals surface area contributed by atoms with Crippen LogP contribution in [-0.2, 0) is 4.74 Å². The van der Waals surface area contributed by atoms with Crippen molar-refractivity contribution in [2.45, 2.75) is 6.92 Å². The summed E-state index contributed by atoms with van der Waals surface area (Å²) in [5.74, 6) is 1.32. The van der Waals surface area contributed by atoms with Crippen LogP contribution in [0.15, 0.2) is 85.9 Å². The molecular weight excluding hydrogens is 196 g/mol. The molecule has 0 atom stereocenters. The Bertz CT molecular complexity index is 352. The third kappa shape index (κ3) is 7.39. The number of hydrogen-bond donors (Lipinski definition) is 0. The quantitative estimate of drug-likeness (QED) is 0.449. The molecule has 0 unspecified atom stereocenters. The first-order chi connectivity index (χ1) is 7.74. The summed E-state index contributed by atoms with van der Waals surface area (Å²) in [6, 6.07) is 0. The average molecular weight is 214 g/mol. The highest BCUT2D eigenvalue weighted by Gasteiger charge is 1.92. The van der Waals surface area contributed by atoms with Gasteiger partial charge in [-0.1, -0.05) is 56.2 Å². The second-order valence-corrected chi connectivity index (χ2v) is 2.83. The summed E-state index contributed by atoms with van der Waals surface area (Å²) in [5, 5.41) is 0. The van der Waals surface area contributed by atoms with Gasteiger partial charge in [0.1, 0.15) is 11.5 Å². The maximum Gasteiger partial charge on any atom is 0.123 e. The minimum Gasteiger partial charge on any atom is -0.458 e. The molecule has 0 aromatic carbocycles. The van der Waals surface area contributed by atoms with Crippen LogP contribution in [-0.4, -0.2) is 0 Å². The number of allylic oxidation sites excluding steroid dienone is 9. The smallest absolute Gasteiger partial charge is 0.123 e. The Balaban J connectivity index is 4.27. The molecule has 1 heteroatoms. The van der Waals surface area contributed by atoms with Crippen LogP contribution < -0.4 is 0 Å². The molecule has 0 bridgehead atoms. The molecule has 0 aromatic heterocycles. The van der Waals surface area contributed by atoms with Crippen molar-refractivity contribution in [2.75, 3.05) is 0 Å². The van der Waals surface area contributed by atoms with E-state index < -0.39 is 0 Å². The van der Waals surface area contributed by atoms with E-state index in [1.165, 1.54) is 0 Å². The zero-order valence-electron chi connectivity index (χ0n) is 9.73. The lowest BCUT2D eigenvalue weighted by atomic mass is 10.3. The van der Waals surface area contributed by atoms with Crippen LogP contribution in [0.1, 0.15) is 6.92 Å². The molecule has 0 aliphatic rings. The van der Waals surface area contributed by atoms with Crippen LogP contribution in [0.3, 0.4) is 0 Å². The van der Waals surface area contributed by atoms with E-state index in [0.29, 0.717) is 5.76 Å². The molecule has 0 amide bonds. The van der Waals surface area contributed by atoms with Gasteiger partial charge in [0.05, 0.1) is 0 Å². The van der Waals surface area contributed by atoms with Crippen LogP contribution in [0.5, 0.6) is 0 Å². The SMILES string of the molecule is C=C/C=C\C=C/C(=C)OC(/C=C\C=C)=C/C. The van der Waals surface area contributed by atoms with Gasteiger partial charge in [-0.15, -0.1) is 0 Å². The van der Waals surface area contributed by atoms with Crippen molar-refractivity contribution in [2.24, 2.45) is 0 Å². The minimum absolute atomic E-state index is 0.579. The van der Waals surface area contributed by atoms with Crippen molar-refractivity contribution < 1.29 is 4.74 Å². The van der Waals surface area contributed by atoms with Gasteiger partial charge >= 0.3 is 0 Å². The summed E-state index contributed by atoms with van der Waals surface area (Å²) in [6.07, 6.45) is 16.2. The van der Waals surface area contributed by atoms with Gasteiger partial charge in [-0.25, -0.2) is 0 Å². The van der Waals surface area contributed by atoms with Gasteiger partial charge in [-0.2, -0.15) is 0 Å². The van der Waals surface area contributed by atoms with Crippen LogP contribution in [0, 0.1) is 0 Å². The van der Waals surface area contributed by atoms with Gasteiger partial charge < -0.3 is 4.74 Å². The van der Waals surface area contributed by atoms with Gasteiger partial charge in [0.25, 0.3) is 0 Å². The van der Waals surface area contributed by atoms with Crippen molar-refractivity contribution in [1.29, 1.82) is 0 Å². The first-order valence-electron chi connectivity index (χ1n) is 5.02. The topological polar surface area (TPSA) is 9.23 Å². The molecule has 0 saturated heterocycles. The second-order valence-electron chi connectivity index (χ2n) is 2.83. The second kappa shape index (κ2) is 9.53. The molecule has 1 nitrogen and oxygen atoms in total. The average Bonchev–Trinajstić information content (AvgIpc) is 2.30. The van der Waals surface area contributed by atoms with Crippen LogP contribution in [0.25, 0.3) is 0 Å². The summed E-state index contributed by atoms with van der Waals surface area (Å²) in [6.45, 7) is 12.8. The Morgan fingerprint density at radius 2 is 1.62 bits per heavy atom. The highest BCUT2D eigenvalue weighted by molar-refractivity contribution is 5.22. The summed E-state index contributed by atoms with van der Waals surface area (Å²) in [5.41, 5.74) is 0. The maximum absolute atomic E-state index is 5.47. The predicted molar refractivity (Wildman–Crippen MR) is 71.8 cm³/mol. The lowest BCUT2D eigenvalue weighted by Gasteiger charge is -2.04. The van der Waals surface area contributed by atoms with E-state index in [4.69, 9.17) is 4.74 Å². The van der Waals surface area contributed by atoms with E-state index in [1.54, 1.807) is 18.2 Å². The molecule has 0 aliphatic heterocycles. The van der Waals surface area contributed by atoms with Crippen molar-refractivity contribution in [1.82, 2.24) is 0 Å². The van der Waals surface area contributed by atoms with Gasteiger partial charge in [0.15, 0.2) is 0 Å². The Morgan fingerprint density at radius 3 is 2.19 bits per heavy atom. The lowest BCUT2D eigenvalue weighted by molar-refractivity contribution is 0.337. The third-order valence-corrected chi connectivity index (χ3v) is 1.57. The molecule has 0 radical (unpaired) electrons. The summed E-state index contributed by atoms with van der Waals surface area (Å²) in [4.78, 5) is 0. The molecule has 0 aliphatic carbocycles. The van der Waals surface area contributed by atoms with E-state index >= 15 is 0 Å². The highest BCUT2D eigenvalue weighted by Crippen LogP contribution is 2.07. The van der Waals surface area contributed by atoms with Crippen molar-refractivity contribution >= 4 is 0 Å². The van der Waals surface area contributed by atoms with E-state index in [9.17, 15) is 0 Å². The lowest BCUT2D eigenvalue weighted by Crippen LogP contribution is -1.86. The van der Waals surface area contributed by atoms with Crippen LogP contribution in [0.4, 0.5) is 0 Å². The fourth-order valence-corrected chi connectivity index (χ4v) is 0.843. The predicted octanol–water partition coefficient (Wildman–Crippen LogP) is 4.46. The maximum atomic E-state index is 5.47. The molecule has 84 valence electrons.